The summed E-state index contributed by atoms with van der Waals surface area (Å²) in [6, 6.07) is 4.11. The molecule has 1 fully saturated rings. The standard InChI is InChI=1S/C26H35F3N4O5S/c1-15(2)39(35,36)32-22-19(33(14-26(22,28)29)24(34)38-25(4,5)6)12-17-8-7-9-20(21(17)27)37-23-16(3)10-11-18(13-30)31-23/h7-11,15,19,22,32H,12-14,30H2,1-6H3/t19-,22+/m0/s1. The van der Waals surface area contributed by atoms with Crippen molar-refractivity contribution in [3.63, 3.8) is 0 Å². The van der Waals surface area contributed by atoms with Gasteiger partial charge in [0.25, 0.3) is 5.92 Å². The second-order valence-electron chi connectivity index (χ2n) is 10.8. The highest BCUT2D eigenvalue weighted by molar-refractivity contribution is 7.90. The number of aryl methyl sites for hydroxylation is 1. The number of benzene rings is 1. The van der Waals surface area contributed by atoms with E-state index in [-0.39, 0.29) is 23.7 Å². The molecule has 1 saturated heterocycles. The molecule has 9 nitrogen and oxygen atoms in total. The van der Waals surface area contributed by atoms with Gasteiger partial charge in [0.1, 0.15) is 11.6 Å². The van der Waals surface area contributed by atoms with Crippen LogP contribution in [-0.2, 0) is 27.7 Å². The second kappa shape index (κ2) is 11.3. The number of ether oxygens (including phenoxy) is 2. The number of likely N-dealkylation sites (tertiary alicyclic amines) is 1. The summed E-state index contributed by atoms with van der Waals surface area (Å²) in [5, 5.41) is -1.02. The van der Waals surface area contributed by atoms with Gasteiger partial charge >= 0.3 is 6.09 Å². The number of amides is 1. The zero-order valence-electron chi connectivity index (χ0n) is 22.8. The number of pyridine rings is 1. The smallest absolute Gasteiger partial charge is 0.410 e. The summed E-state index contributed by atoms with van der Waals surface area (Å²) in [4.78, 5) is 18.0. The Balaban J connectivity index is 2.01. The first-order valence-electron chi connectivity index (χ1n) is 12.5. The van der Waals surface area contributed by atoms with Gasteiger partial charge in [-0.25, -0.2) is 36.1 Å². The van der Waals surface area contributed by atoms with Crippen molar-refractivity contribution in [2.45, 2.75) is 83.4 Å². The number of nitrogens with zero attached hydrogens (tertiary/aromatic N) is 2. The van der Waals surface area contributed by atoms with Gasteiger partial charge in [-0.15, -0.1) is 0 Å². The molecule has 1 aliphatic rings. The van der Waals surface area contributed by atoms with Crippen molar-refractivity contribution >= 4 is 16.1 Å². The van der Waals surface area contributed by atoms with Crippen LogP contribution >= 0.6 is 0 Å². The predicted octanol–water partition coefficient (Wildman–Crippen LogP) is 4.27. The second-order valence-corrected chi connectivity index (χ2v) is 13.1. The lowest BCUT2D eigenvalue weighted by atomic mass is 9.98. The van der Waals surface area contributed by atoms with E-state index >= 15 is 13.2 Å². The van der Waals surface area contributed by atoms with Crippen molar-refractivity contribution in [2.24, 2.45) is 5.73 Å². The van der Waals surface area contributed by atoms with Crippen molar-refractivity contribution in [2.75, 3.05) is 6.54 Å². The zero-order valence-corrected chi connectivity index (χ0v) is 23.6. The first-order valence-corrected chi connectivity index (χ1v) is 14.0. The Hall–Kier alpha value is -2.90. The van der Waals surface area contributed by atoms with Crippen molar-refractivity contribution in [1.82, 2.24) is 14.6 Å². The summed E-state index contributed by atoms with van der Waals surface area (Å²) >= 11 is 0. The molecule has 3 N–H and O–H groups in total. The lowest BCUT2D eigenvalue weighted by Gasteiger charge is -2.30. The summed E-state index contributed by atoms with van der Waals surface area (Å²) in [6.45, 7) is 8.15. The van der Waals surface area contributed by atoms with E-state index in [9.17, 15) is 13.2 Å². The molecule has 1 aliphatic heterocycles. The third kappa shape index (κ3) is 7.20. The van der Waals surface area contributed by atoms with Crippen molar-refractivity contribution in [1.29, 1.82) is 0 Å². The molecule has 2 heterocycles. The van der Waals surface area contributed by atoms with Gasteiger partial charge < -0.3 is 15.2 Å². The first-order chi connectivity index (χ1) is 17.9. The summed E-state index contributed by atoms with van der Waals surface area (Å²) in [6.07, 6.45) is -1.51. The van der Waals surface area contributed by atoms with Gasteiger partial charge in [0.15, 0.2) is 11.6 Å². The number of hydrogen-bond donors (Lipinski definition) is 2. The number of nitrogens with one attached hydrogen (secondary N) is 1. The number of rotatable bonds is 8. The summed E-state index contributed by atoms with van der Waals surface area (Å²) in [5.41, 5.74) is 5.70. The van der Waals surface area contributed by atoms with Gasteiger partial charge in [-0.3, -0.25) is 4.90 Å². The average molecular weight is 573 g/mol. The molecule has 0 bridgehead atoms. The summed E-state index contributed by atoms with van der Waals surface area (Å²) in [5.74, 6) is -4.61. The topological polar surface area (TPSA) is 124 Å². The van der Waals surface area contributed by atoms with E-state index in [1.165, 1.54) is 32.0 Å². The Morgan fingerprint density at radius 1 is 1.26 bits per heavy atom. The normalized spacial score (nSPS) is 19.4. The van der Waals surface area contributed by atoms with Crippen LogP contribution in [0.5, 0.6) is 11.6 Å². The maximum Gasteiger partial charge on any atom is 0.410 e. The quantitative estimate of drug-likeness (QED) is 0.484. The highest BCUT2D eigenvalue weighted by atomic mass is 32.2. The van der Waals surface area contributed by atoms with E-state index in [1.54, 1.807) is 39.8 Å². The third-order valence-corrected chi connectivity index (χ3v) is 7.98. The largest absolute Gasteiger partial charge is 0.444 e. The predicted molar refractivity (Wildman–Crippen MR) is 140 cm³/mol. The molecule has 13 heteroatoms. The SMILES string of the molecule is Cc1ccc(CN)nc1Oc1cccc(C[C@H]2[C@@H](NS(=O)(=O)C(C)C)C(F)(F)CN2C(=O)OC(C)(C)C)c1F. The van der Waals surface area contributed by atoms with Gasteiger partial charge in [0, 0.05) is 12.1 Å². The first kappa shape index (κ1) is 30.6. The molecular formula is C26H35F3N4O5S. The molecule has 1 aromatic heterocycles. The van der Waals surface area contributed by atoms with Crippen LogP contribution in [0.4, 0.5) is 18.0 Å². The highest BCUT2D eigenvalue weighted by Crippen LogP contribution is 2.37. The molecule has 39 heavy (non-hydrogen) atoms. The number of nitrogens with two attached hydrogens (primary N) is 1. The molecule has 3 rings (SSSR count). The zero-order chi connectivity index (χ0) is 29.3. The van der Waals surface area contributed by atoms with Crippen LogP contribution in [0, 0.1) is 12.7 Å². The van der Waals surface area contributed by atoms with Crippen molar-refractivity contribution in [3.8, 4) is 11.6 Å². The number of alkyl halides is 2. The molecule has 2 atom stereocenters. The van der Waals surface area contributed by atoms with Crippen LogP contribution in [0.25, 0.3) is 0 Å². The van der Waals surface area contributed by atoms with Crippen molar-refractivity contribution < 1.29 is 35.9 Å². The van der Waals surface area contributed by atoms with E-state index in [4.69, 9.17) is 15.2 Å². The third-order valence-electron chi connectivity index (χ3n) is 6.16. The molecule has 0 aliphatic carbocycles. The molecule has 1 amide bonds. The van der Waals surface area contributed by atoms with Crippen LogP contribution < -0.4 is 15.2 Å². The lowest BCUT2D eigenvalue weighted by molar-refractivity contribution is -0.0123. The van der Waals surface area contributed by atoms with Gasteiger partial charge in [-0.2, -0.15) is 0 Å². The van der Waals surface area contributed by atoms with Crippen LogP contribution in [0.1, 0.15) is 51.4 Å². The summed E-state index contributed by atoms with van der Waals surface area (Å²) < 4.78 is 84.5. The number of aromatic nitrogens is 1. The minimum absolute atomic E-state index is 0.0647. The number of carbonyl (C=O) groups excluding carboxylic acids is 1. The lowest BCUT2D eigenvalue weighted by Crippen LogP contribution is -2.54. The van der Waals surface area contributed by atoms with E-state index in [0.717, 1.165) is 4.90 Å². The minimum Gasteiger partial charge on any atom is -0.444 e. The van der Waals surface area contributed by atoms with Gasteiger partial charge in [0.2, 0.25) is 15.9 Å². The molecule has 216 valence electrons. The van der Waals surface area contributed by atoms with Crippen molar-refractivity contribution in [3.05, 3.63) is 53.0 Å². The Bertz CT molecular complexity index is 1320. The fourth-order valence-electron chi connectivity index (χ4n) is 4.02. The van der Waals surface area contributed by atoms with E-state index < -0.39 is 63.8 Å². The Morgan fingerprint density at radius 3 is 2.51 bits per heavy atom. The Labute approximate surface area is 226 Å². The van der Waals surface area contributed by atoms with Crippen LogP contribution in [0.3, 0.4) is 0 Å². The number of hydrogen-bond acceptors (Lipinski definition) is 7. The molecule has 2 aromatic rings. The maximum absolute atomic E-state index is 15.7. The van der Waals surface area contributed by atoms with Crippen LogP contribution in [0.2, 0.25) is 0 Å². The summed E-state index contributed by atoms with van der Waals surface area (Å²) in [7, 11) is -4.18. The molecular weight excluding hydrogens is 537 g/mol. The van der Waals surface area contributed by atoms with Gasteiger partial charge in [0.05, 0.1) is 23.5 Å². The minimum atomic E-state index is -4.18. The maximum atomic E-state index is 15.7. The van der Waals surface area contributed by atoms with E-state index in [1.807, 2.05) is 0 Å². The molecule has 0 radical (unpaired) electrons. The number of sulfonamides is 1. The monoisotopic (exact) mass is 572 g/mol. The fourth-order valence-corrected chi connectivity index (χ4v) is 4.97. The van der Waals surface area contributed by atoms with E-state index in [2.05, 4.69) is 9.71 Å². The Kier molecular flexibility index (Phi) is 8.88. The number of carbonyl (C=O) groups is 1. The fraction of sp³-hybridized carbons (Fsp3) is 0.538. The Morgan fingerprint density at radius 2 is 1.92 bits per heavy atom. The van der Waals surface area contributed by atoms with Gasteiger partial charge in [-0.05, 0) is 65.7 Å². The van der Waals surface area contributed by atoms with E-state index in [0.29, 0.717) is 11.3 Å². The molecule has 0 saturated carbocycles. The van der Waals surface area contributed by atoms with Gasteiger partial charge in [-0.1, -0.05) is 18.2 Å². The number of halogens is 3. The van der Waals surface area contributed by atoms with Crippen LogP contribution in [-0.4, -0.2) is 59.8 Å². The molecule has 0 spiro atoms. The molecule has 0 unspecified atom stereocenters. The average Bonchev–Trinajstić information content (AvgIpc) is 3.06. The highest BCUT2D eigenvalue weighted by Gasteiger charge is 2.58. The van der Waals surface area contributed by atoms with Crippen LogP contribution in [0.15, 0.2) is 30.3 Å². The molecule has 1 aromatic carbocycles.